The van der Waals surface area contributed by atoms with E-state index in [4.69, 9.17) is 9.47 Å². The van der Waals surface area contributed by atoms with Crippen molar-refractivity contribution in [3.05, 3.63) is 89.5 Å². The van der Waals surface area contributed by atoms with E-state index < -0.39 is 0 Å². The van der Waals surface area contributed by atoms with Gasteiger partial charge in [0.05, 0.1) is 12.7 Å². The maximum Gasteiger partial charge on any atom is 0.170 e. The van der Waals surface area contributed by atoms with Gasteiger partial charge in [-0.25, -0.2) is 4.39 Å². The summed E-state index contributed by atoms with van der Waals surface area (Å²) in [5.74, 6) is 1.03. The van der Waals surface area contributed by atoms with Gasteiger partial charge in [-0.15, -0.1) is 0 Å². The molecule has 0 saturated carbocycles. The summed E-state index contributed by atoms with van der Waals surface area (Å²) in [6.07, 6.45) is 3.62. The van der Waals surface area contributed by atoms with Crippen molar-refractivity contribution < 1.29 is 19.2 Å². The van der Waals surface area contributed by atoms with Gasteiger partial charge < -0.3 is 14.8 Å². The molecule has 0 fully saturated rings. The molecule has 26 heavy (non-hydrogen) atoms. The van der Waals surface area contributed by atoms with E-state index in [-0.39, 0.29) is 12.4 Å². The standard InChI is InChI=1S/C21H21FN2O2/c1-25-20-10-4-8-17(14-24-13-16-6-5-11-23-12-16)21(20)26-15-18-7-2-3-9-19(18)22/h2-12,24H,13-15H2,1H3/p+1. The van der Waals surface area contributed by atoms with Gasteiger partial charge in [-0.1, -0.05) is 30.3 Å². The van der Waals surface area contributed by atoms with E-state index in [2.05, 4.69) is 10.3 Å². The van der Waals surface area contributed by atoms with Crippen LogP contribution in [0.4, 0.5) is 4.39 Å². The summed E-state index contributed by atoms with van der Waals surface area (Å²) < 4.78 is 25.2. The van der Waals surface area contributed by atoms with Crippen LogP contribution in [0.5, 0.6) is 11.5 Å². The molecule has 0 unspecified atom stereocenters. The summed E-state index contributed by atoms with van der Waals surface area (Å²) >= 11 is 0. The second-order valence-corrected chi connectivity index (χ2v) is 5.89. The molecule has 3 aromatic rings. The van der Waals surface area contributed by atoms with Gasteiger partial charge in [0.1, 0.15) is 25.5 Å². The molecule has 0 bridgehead atoms. The van der Waals surface area contributed by atoms with Crippen molar-refractivity contribution in [2.45, 2.75) is 19.7 Å². The molecule has 0 saturated heterocycles. The molecule has 4 nitrogen and oxygen atoms in total. The molecule has 2 N–H and O–H groups in total. The van der Waals surface area contributed by atoms with Crippen LogP contribution in [-0.4, -0.2) is 12.1 Å². The van der Waals surface area contributed by atoms with Gasteiger partial charge in [0.15, 0.2) is 11.5 Å². The van der Waals surface area contributed by atoms with Crippen molar-refractivity contribution in [1.29, 1.82) is 0 Å². The first-order chi connectivity index (χ1) is 12.8. The number of benzene rings is 2. The van der Waals surface area contributed by atoms with Crippen LogP contribution in [0.3, 0.4) is 0 Å². The Hall–Kier alpha value is -2.92. The molecule has 1 heterocycles. The lowest BCUT2D eigenvalue weighted by atomic mass is 10.1. The van der Waals surface area contributed by atoms with Crippen molar-refractivity contribution in [2.75, 3.05) is 7.11 Å². The summed E-state index contributed by atoms with van der Waals surface area (Å²) in [6.45, 7) is 1.69. The van der Waals surface area contributed by atoms with Crippen molar-refractivity contribution >= 4 is 0 Å². The lowest BCUT2D eigenvalue weighted by Gasteiger charge is -2.15. The average molecular weight is 353 g/mol. The van der Waals surface area contributed by atoms with Crippen LogP contribution in [0, 0.1) is 5.82 Å². The molecular weight excluding hydrogens is 331 g/mol. The SMILES string of the molecule is COc1cccc(C[NH2+]Cc2cccnc2)c1OCc1ccccc1F. The van der Waals surface area contributed by atoms with Gasteiger partial charge in [0, 0.05) is 23.5 Å². The van der Waals surface area contributed by atoms with Crippen molar-refractivity contribution in [3.8, 4) is 11.5 Å². The minimum atomic E-state index is -0.271. The van der Waals surface area contributed by atoms with Crippen LogP contribution in [0.15, 0.2) is 67.0 Å². The van der Waals surface area contributed by atoms with Gasteiger partial charge in [-0.2, -0.15) is 0 Å². The van der Waals surface area contributed by atoms with Gasteiger partial charge in [-0.05, 0) is 24.3 Å². The number of quaternary nitrogens is 1. The summed E-state index contributed by atoms with van der Waals surface area (Å²) in [4.78, 5) is 4.13. The topological polar surface area (TPSA) is 48.0 Å². The first kappa shape index (κ1) is 17.9. The van der Waals surface area contributed by atoms with E-state index in [1.54, 1.807) is 31.5 Å². The number of methoxy groups -OCH3 is 1. The number of nitrogens with two attached hydrogens (primary N) is 1. The van der Waals surface area contributed by atoms with Gasteiger partial charge >= 0.3 is 0 Å². The van der Waals surface area contributed by atoms with E-state index in [9.17, 15) is 4.39 Å². The Morgan fingerprint density at radius 2 is 1.81 bits per heavy atom. The van der Waals surface area contributed by atoms with Gasteiger partial charge in [0.2, 0.25) is 0 Å². The molecule has 0 aliphatic rings. The maximum atomic E-state index is 13.8. The minimum absolute atomic E-state index is 0.155. The number of hydrogen-bond donors (Lipinski definition) is 1. The van der Waals surface area contributed by atoms with Crippen molar-refractivity contribution in [1.82, 2.24) is 4.98 Å². The number of ether oxygens (including phenoxy) is 2. The first-order valence-electron chi connectivity index (χ1n) is 8.50. The Morgan fingerprint density at radius 1 is 0.962 bits per heavy atom. The largest absolute Gasteiger partial charge is 0.493 e. The molecule has 0 amide bonds. The van der Waals surface area contributed by atoms with Crippen molar-refractivity contribution in [2.24, 2.45) is 0 Å². The third kappa shape index (κ3) is 4.58. The fraction of sp³-hybridized carbons (Fsp3) is 0.190. The molecule has 2 aromatic carbocycles. The van der Waals surface area contributed by atoms with Crippen LogP contribution >= 0.6 is 0 Å². The summed E-state index contributed by atoms with van der Waals surface area (Å²) in [7, 11) is 1.61. The Labute approximate surface area is 152 Å². The monoisotopic (exact) mass is 353 g/mol. The quantitative estimate of drug-likeness (QED) is 0.677. The Morgan fingerprint density at radius 3 is 2.58 bits per heavy atom. The second-order valence-electron chi connectivity index (χ2n) is 5.89. The van der Waals surface area contributed by atoms with E-state index >= 15 is 0 Å². The molecule has 0 aliphatic heterocycles. The highest BCUT2D eigenvalue weighted by Gasteiger charge is 2.13. The highest BCUT2D eigenvalue weighted by atomic mass is 19.1. The summed E-state index contributed by atoms with van der Waals surface area (Å²) in [5, 5.41) is 2.17. The predicted molar refractivity (Wildman–Crippen MR) is 97.3 cm³/mol. The van der Waals surface area contributed by atoms with Crippen LogP contribution in [0.25, 0.3) is 0 Å². The van der Waals surface area contributed by atoms with Crippen LogP contribution < -0.4 is 14.8 Å². The van der Waals surface area contributed by atoms with E-state index in [1.807, 2.05) is 36.5 Å². The Bertz CT molecular complexity index is 840. The van der Waals surface area contributed by atoms with Gasteiger partial charge in [0.25, 0.3) is 0 Å². The normalized spacial score (nSPS) is 10.5. The summed E-state index contributed by atoms with van der Waals surface area (Å²) in [5.41, 5.74) is 2.68. The van der Waals surface area contributed by atoms with E-state index in [0.717, 1.165) is 24.2 Å². The number of nitrogens with zero attached hydrogens (tertiary/aromatic N) is 1. The first-order valence-corrected chi connectivity index (χ1v) is 8.50. The number of hydrogen-bond acceptors (Lipinski definition) is 3. The number of para-hydroxylation sites is 1. The number of pyridine rings is 1. The molecule has 0 spiro atoms. The molecule has 0 radical (unpaired) electrons. The van der Waals surface area contributed by atoms with Crippen LogP contribution in [0.2, 0.25) is 0 Å². The molecule has 0 atom stereocenters. The average Bonchev–Trinajstić information content (AvgIpc) is 2.68. The fourth-order valence-corrected chi connectivity index (χ4v) is 2.73. The fourth-order valence-electron chi connectivity index (χ4n) is 2.73. The van der Waals surface area contributed by atoms with E-state index in [1.165, 1.54) is 6.07 Å². The predicted octanol–water partition coefficient (Wildman–Crippen LogP) is 3.07. The minimum Gasteiger partial charge on any atom is -0.493 e. The third-order valence-electron chi connectivity index (χ3n) is 4.08. The number of aromatic nitrogens is 1. The Balaban J connectivity index is 1.70. The zero-order chi connectivity index (χ0) is 18.2. The van der Waals surface area contributed by atoms with Gasteiger partial charge in [-0.3, -0.25) is 4.98 Å². The smallest absolute Gasteiger partial charge is 0.170 e. The molecular formula is C21H22FN2O2+. The molecule has 5 heteroatoms. The maximum absolute atomic E-state index is 13.8. The zero-order valence-corrected chi connectivity index (χ0v) is 14.7. The highest BCUT2D eigenvalue weighted by Crippen LogP contribution is 2.31. The lowest BCUT2D eigenvalue weighted by Crippen LogP contribution is -2.80. The van der Waals surface area contributed by atoms with Crippen LogP contribution in [-0.2, 0) is 19.7 Å². The lowest BCUT2D eigenvalue weighted by molar-refractivity contribution is -0.686. The third-order valence-corrected chi connectivity index (χ3v) is 4.08. The highest BCUT2D eigenvalue weighted by molar-refractivity contribution is 5.46. The summed E-state index contributed by atoms with van der Waals surface area (Å²) in [6, 6.07) is 16.4. The second kappa shape index (κ2) is 8.97. The zero-order valence-electron chi connectivity index (χ0n) is 14.7. The Kier molecular flexibility index (Phi) is 6.17. The van der Waals surface area contributed by atoms with E-state index in [0.29, 0.717) is 17.1 Å². The molecule has 1 aromatic heterocycles. The molecule has 3 rings (SSSR count). The number of halogens is 1. The molecule has 0 aliphatic carbocycles. The van der Waals surface area contributed by atoms with Crippen LogP contribution in [0.1, 0.15) is 16.7 Å². The molecule has 134 valence electrons. The number of rotatable bonds is 8. The van der Waals surface area contributed by atoms with Crippen molar-refractivity contribution in [3.63, 3.8) is 0 Å².